The van der Waals surface area contributed by atoms with E-state index in [9.17, 15) is 4.79 Å². The molecule has 0 saturated heterocycles. The molecule has 0 radical (unpaired) electrons. The first-order valence-electron chi connectivity index (χ1n) is 2.79. The lowest BCUT2D eigenvalue weighted by Crippen LogP contribution is -2.39. The molecule has 0 saturated carbocycles. The van der Waals surface area contributed by atoms with Gasteiger partial charge in [-0.1, -0.05) is 0 Å². The Kier molecular flexibility index (Phi) is 2.01. The van der Waals surface area contributed by atoms with Gasteiger partial charge in [0, 0.05) is 12.9 Å². The van der Waals surface area contributed by atoms with Crippen molar-refractivity contribution in [1.29, 1.82) is 0 Å². The van der Waals surface area contributed by atoms with Crippen LogP contribution in [0.4, 0.5) is 0 Å². The standard InChI is InChI=1S/C6H8O3S/c1-9-6(5(7)8)2-3-10-4-6/h2-3H,4H2,1H3,(H,7,8). The molecule has 1 atom stereocenters. The summed E-state index contributed by atoms with van der Waals surface area (Å²) < 4.78 is 4.85. The monoisotopic (exact) mass is 160 g/mol. The van der Waals surface area contributed by atoms with Crippen molar-refractivity contribution in [3.05, 3.63) is 11.5 Å². The van der Waals surface area contributed by atoms with E-state index in [-0.39, 0.29) is 0 Å². The van der Waals surface area contributed by atoms with Gasteiger partial charge in [-0.15, -0.1) is 11.8 Å². The molecule has 0 aromatic carbocycles. The Morgan fingerprint density at radius 2 is 2.60 bits per heavy atom. The average Bonchev–Trinajstić information content (AvgIpc) is 2.35. The second-order valence-corrected chi connectivity index (χ2v) is 2.91. The maximum Gasteiger partial charge on any atom is 0.340 e. The van der Waals surface area contributed by atoms with Crippen LogP contribution in [0.1, 0.15) is 0 Å². The van der Waals surface area contributed by atoms with E-state index in [0.29, 0.717) is 5.75 Å². The fourth-order valence-electron chi connectivity index (χ4n) is 0.725. The molecule has 1 rings (SSSR count). The van der Waals surface area contributed by atoms with Gasteiger partial charge in [0.25, 0.3) is 0 Å². The first kappa shape index (κ1) is 7.63. The van der Waals surface area contributed by atoms with Crippen LogP contribution in [-0.2, 0) is 9.53 Å². The van der Waals surface area contributed by atoms with Crippen LogP contribution in [0.5, 0.6) is 0 Å². The number of aliphatic carboxylic acids is 1. The van der Waals surface area contributed by atoms with Gasteiger partial charge in [0.05, 0.1) is 0 Å². The summed E-state index contributed by atoms with van der Waals surface area (Å²) in [6.45, 7) is 0. The Morgan fingerprint density at radius 3 is 2.80 bits per heavy atom. The molecule has 1 unspecified atom stereocenters. The number of carboxylic acid groups (broad SMARTS) is 1. The van der Waals surface area contributed by atoms with E-state index in [4.69, 9.17) is 9.84 Å². The van der Waals surface area contributed by atoms with Crippen molar-refractivity contribution in [2.45, 2.75) is 5.60 Å². The molecule has 0 aromatic heterocycles. The third kappa shape index (κ3) is 1.04. The number of carbonyl (C=O) groups is 1. The molecule has 0 spiro atoms. The summed E-state index contributed by atoms with van der Waals surface area (Å²) in [5.41, 5.74) is -1.06. The predicted octanol–water partition coefficient (Wildman–Crippen LogP) is 0.717. The first-order valence-corrected chi connectivity index (χ1v) is 3.84. The van der Waals surface area contributed by atoms with Crippen molar-refractivity contribution < 1.29 is 14.6 Å². The minimum absolute atomic E-state index is 0.471. The molecule has 10 heavy (non-hydrogen) atoms. The van der Waals surface area contributed by atoms with Crippen LogP contribution >= 0.6 is 11.8 Å². The van der Waals surface area contributed by atoms with Crippen molar-refractivity contribution in [2.75, 3.05) is 12.9 Å². The highest BCUT2D eigenvalue weighted by Gasteiger charge is 2.38. The Morgan fingerprint density at radius 1 is 1.90 bits per heavy atom. The maximum atomic E-state index is 10.6. The van der Waals surface area contributed by atoms with Gasteiger partial charge in [0.15, 0.2) is 5.60 Å². The Hall–Kier alpha value is -0.480. The summed E-state index contributed by atoms with van der Waals surface area (Å²) in [5.74, 6) is -0.449. The number of hydrogen-bond donors (Lipinski definition) is 1. The summed E-state index contributed by atoms with van der Waals surface area (Å²) >= 11 is 1.45. The third-order valence-corrected chi connectivity index (χ3v) is 2.38. The zero-order valence-electron chi connectivity index (χ0n) is 5.53. The van der Waals surface area contributed by atoms with Gasteiger partial charge in [0.1, 0.15) is 0 Å². The zero-order chi connectivity index (χ0) is 7.61. The van der Waals surface area contributed by atoms with Gasteiger partial charge in [-0.2, -0.15) is 0 Å². The van der Waals surface area contributed by atoms with Gasteiger partial charge < -0.3 is 9.84 Å². The summed E-state index contributed by atoms with van der Waals surface area (Å²) in [6, 6.07) is 0. The summed E-state index contributed by atoms with van der Waals surface area (Å²) in [4.78, 5) is 10.6. The van der Waals surface area contributed by atoms with Crippen molar-refractivity contribution in [3.63, 3.8) is 0 Å². The second kappa shape index (κ2) is 2.64. The quantitative estimate of drug-likeness (QED) is 0.646. The van der Waals surface area contributed by atoms with Crippen LogP contribution in [-0.4, -0.2) is 29.5 Å². The Labute approximate surface area is 63.1 Å². The van der Waals surface area contributed by atoms with Crippen LogP contribution in [0, 0.1) is 0 Å². The van der Waals surface area contributed by atoms with E-state index in [1.807, 2.05) is 0 Å². The van der Waals surface area contributed by atoms with Crippen LogP contribution in [0.3, 0.4) is 0 Å². The number of rotatable bonds is 2. The topological polar surface area (TPSA) is 46.5 Å². The van der Waals surface area contributed by atoms with E-state index < -0.39 is 11.6 Å². The summed E-state index contributed by atoms with van der Waals surface area (Å²) in [6.07, 6.45) is 1.57. The Balaban J connectivity index is 2.78. The molecule has 0 fully saturated rings. The number of hydrogen-bond acceptors (Lipinski definition) is 3. The first-order chi connectivity index (χ1) is 4.71. The van der Waals surface area contributed by atoms with Crippen molar-refractivity contribution >= 4 is 17.7 Å². The van der Waals surface area contributed by atoms with E-state index >= 15 is 0 Å². The van der Waals surface area contributed by atoms with E-state index in [0.717, 1.165) is 0 Å². The molecule has 1 N–H and O–H groups in total. The number of thioether (sulfide) groups is 1. The highest BCUT2D eigenvalue weighted by Crippen LogP contribution is 2.27. The molecule has 0 bridgehead atoms. The van der Waals surface area contributed by atoms with Crippen LogP contribution in [0.25, 0.3) is 0 Å². The van der Waals surface area contributed by atoms with E-state index in [1.54, 1.807) is 11.5 Å². The summed E-state index contributed by atoms with van der Waals surface area (Å²) in [5, 5.41) is 10.4. The minimum Gasteiger partial charge on any atom is -0.479 e. The smallest absolute Gasteiger partial charge is 0.340 e. The molecule has 1 heterocycles. The molecule has 1 aliphatic heterocycles. The van der Waals surface area contributed by atoms with Crippen molar-refractivity contribution in [1.82, 2.24) is 0 Å². The van der Waals surface area contributed by atoms with Gasteiger partial charge >= 0.3 is 5.97 Å². The predicted molar refractivity (Wildman–Crippen MR) is 39.0 cm³/mol. The lowest BCUT2D eigenvalue weighted by atomic mass is 10.1. The van der Waals surface area contributed by atoms with Crippen LogP contribution in [0.2, 0.25) is 0 Å². The molecule has 0 amide bonds. The summed E-state index contributed by atoms with van der Waals surface area (Å²) in [7, 11) is 1.41. The van der Waals surface area contributed by atoms with E-state index in [1.165, 1.54) is 18.9 Å². The molecule has 0 aromatic rings. The van der Waals surface area contributed by atoms with Gasteiger partial charge in [-0.05, 0) is 11.5 Å². The van der Waals surface area contributed by atoms with Gasteiger partial charge in [0.2, 0.25) is 0 Å². The number of carboxylic acids is 1. The lowest BCUT2D eigenvalue weighted by molar-refractivity contribution is -0.153. The van der Waals surface area contributed by atoms with Crippen LogP contribution < -0.4 is 0 Å². The molecule has 3 nitrogen and oxygen atoms in total. The molecule has 56 valence electrons. The minimum atomic E-state index is -1.06. The van der Waals surface area contributed by atoms with Crippen LogP contribution in [0.15, 0.2) is 11.5 Å². The van der Waals surface area contributed by atoms with Gasteiger partial charge in [-0.25, -0.2) is 4.79 Å². The Bertz CT molecular complexity index is 178. The number of ether oxygens (including phenoxy) is 1. The second-order valence-electron chi connectivity index (χ2n) is 2.01. The fourth-order valence-corrected chi connectivity index (χ4v) is 1.72. The van der Waals surface area contributed by atoms with E-state index in [2.05, 4.69) is 0 Å². The SMILES string of the molecule is COC1(C(=O)O)C=CSC1. The fraction of sp³-hybridized carbons (Fsp3) is 0.500. The molecule has 0 aliphatic carbocycles. The third-order valence-electron chi connectivity index (χ3n) is 1.46. The molecule has 1 aliphatic rings. The maximum absolute atomic E-state index is 10.6. The number of methoxy groups -OCH3 is 1. The van der Waals surface area contributed by atoms with Gasteiger partial charge in [-0.3, -0.25) is 0 Å². The highest BCUT2D eigenvalue weighted by atomic mass is 32.2. The zero-order valence-corrected chi connectivity index (χ0v) is 6.35. The molecule has 4 heteroatoms. The lowest BCUT2D eigenvalue weighted by Gasteiger charge is -2.18. The van der Waals surface area contributed by atoms with Crippen molar-refractivity contribution in [3.8, 4) is 0 Å². The normalized spacial score (nSPS) is 30.9. The highest BCUT2D eigenvalue weighted by molar-refractivity contribution is 8.02. The average molecular weight is 160 g/mol. The molecular formula is C6H8O3S. The molecular weight excluding hydrogens is 152 g/mol. The largest absolute Gasteiger partial charge is 0.479 e. The van der Waals surface area contributed by atoms with Crippen molar-refractivity contribution in [2.24, 2.45) is 0 Å².